The van der Waals surface area contributed by atoms with Crippen LogP contribution in [0, 0.1) is 0 Å². The number of imidazole rings is 1. The topological polar surface area (TPSA) is 86.2 Å². The maximum Gasteiger partial charge on any atom is 0.332 e. The van der Waals surface area contributed by atoms with Crippen LogP contribution in [0.3, 0.4) is 0 Å². The molecule has 0 saturated carbocycles. The molecule has 0 spiro atoms. The van der Waals surface area contributed by atoms with Crippen molar-refractivity contribution in [3.05, 3.63) is 77.5 Å². The first-order valence-electron chi connectivity index (χ1n) is 8.69. The number of hydrogen-bond donors (Lipinski definition) is 1. The molecule has 1 aromatic carbocycles. The fraction of sp³-hybridized carbons (Fsp3) is 0.158. The summed E-state index contributed by atoms with van der Waals surface area (Å²) in [5.41, 5.74) is 3.53. The van der Waals surface area contributed by atoms with E-state index in [1.165, 1.54) is 9.13 Å². The molecule has 8 nitrogen and oxygen atoms in total. The Morgan fingerprint density at radius 3 is 2.62 bits per heavy atom. The minimum atomic E-state index is -0.419. The van der Waals surface area contributed by atoms with E-state index in [0.717, 1.165) is 14.9 Å². The number of nitrogens with one attached hydrogen (secondary N) is 1. The zero-order valence-corrected chi connectivity index (χ0v) is 18.1. The minimum absolute atomic E-state index is 0.180. The number of thiophene rings is 1. The molecule has 0 aliphatic carbocycles. The molecule has 0 unspecified atom stereocenters. The van der Waals surface area contributed by atoms with Crippen molar-refractivity contribution in [1.82, 2.24) is 18.7 Å². The molecule has 29 heavy (non-hydrogen) atoms. The van der Waals surface area contributed by atoms with E-state index in [9.17, 15) is 9.59 Å². The van der Waals surface area contributed by atoms with E-state index in [4.69, 9.17) is 0 Å². The summed E-state index contributed by atoms with van der Waals surface area (Å²) in [6, 6.07) is 11.4. The number of hydrazone groups is 1. The maximum absolute atomic E-state index is 13.1. The van der Waals surface area contributed by atoms with Crippen LogP contribution in [-0.4, -0.2) is 24.9 Å². The van der Waals surface area contributed by atoms with Gasteiger partial charge in [-0.1, -0.05) is 34.1 Å². The Bertz CT molecular complexity index is 1320. The number of rotatable bonds is 5. The summed E-state index contributed by atoms with van der Waals surface area (Å²) in [6.07, 6.45) is 1.68. The fourth-order valence-corrected chi connectivity index (χ4v) is 3.82. The molecule has 4 rings (SSSR count). The molecule has 0 atom stereocenters. The Labute approximate surface area is 177 Å². The van der Waals surface area contributed by atoms with E-state index in [2.05, 4.69) is 31.4 Å². The molecule has 0 aliphatic heterocycles. The Morgan fingerprint density at radius 2 is 1.93 bits per heavy atom. The van der Waals surface area contributed by atoms with Crippen molar-refractivity contribution >= 4 is 50.6 Å². The van der Waals surface area contributed by atoms with Gasteiger partial charge in [0.2, 0.25) is 5.95 Å². The number of hydrogen-bond acceptors (Lipinski definition) is 6. The van der Waals surface area contributed by atoms with Crippen LogP contribution in [-0.2, 0) is 20.6 Å². The zero-order valence-electron chi connectivity index (χ0n) is 15.7. The highest BCUT2D eigenvalue weighted by molar-refractivity contribution is 9.10. The van der Waals surface area contributed by atoms with Gasteiger partial charge in [-0.15, -0.1) is 11.3 Å². The molecule has 148 valence electrons. The first kappa shape index (κ1) is 19.3. The first-order chi connectivity index (χ1) is 14.0. The molecule has 4 aromatic rings. The van der Waals surface area contributed by atoms with Crippen molar-refractivity contribution in [2.75, 3.05) is 5.43 Å². The number of halogens is 1. The van der Waals surface area contributed by atoms with Crippen molar-refractivity contribution in [2.45, 2.75) is 6.54 Å². The highest BCUT2D eigenvalue weighted by atomic mass is 79.9. The molecule has 0 bridgehead atoms. The molecule has 0 fully saturated rings. The summed E-state index contributed by atoms with van der Waals surface area (Å²) in [7, 11) is 3.32. The van der Waals surface area contributed by atoms with Crippen LogP contribution in [0.5, 0.6) is 0 Å². The summed E-state index contributed by atoms with van der Waals surface area (Å²) < 4.78 is 5.14. The number of fused-ring (bicyclic) bond motifs is 1. The molecule has 0 amide bonds. The fourth-order valence-electron chi connectivity index (χ4n) is 2.97. The third-order valence-electron chi connectivity index (χ3n) is 4.51. The molecule has 0 saturated heterocycles. The van der Waals surface area contributed by atoms with Crippen molar-refractivity contribution in [1.29, 1.82) is 0 Å². The summed E-state index contributed by atoms with van der Waals surface area (Å²) in [6.45, 7) is 0.180. The van der Waals surface area contributed by atoms with E-state index < -0.39 is 11.2 Å². The van der Waals surface area contributed by atoms with Gasteiger partial charge in [0, 0.05) is 23.4 Å². The summed E-state index contributed by atoms with van der Waals surface area (Å²) in [4.78, 5) is 31.2. The van der Waals surface area contributed by atoms with Crippen molar-refractivity contribution in [3.63, 3.8) is 0 Å². The molecule has 3 aromatic heterocycles. The van der Waals surface area contributed by atoms with Gasteiger partial charge < -0.3 is 4.57 Å². The van der Waals surface area contributed by atoms with Crippen LogP contribution >= 0.6 is 27.3 Å². The molecular weight excluding hydrogens is 456 g/mol. The van der Waals surface area contributed by atoms with Crippen LogP contribution in [0.4, 0.5) is 5.95 Å². The Kier molecular flexibility index (Phi) is 5.20. The average Bonchev–Trinajstić information content (AvgIpc) is 3.34. The lowest BCUT2D eigenvalue weighted by Crippen LogP contribution is -2.39. The first-order valence-corrected chi connectivity index (χ1v) is 10.4. The lowest BCUT2D eigenvalue weighted by Gasteiger charge is -2.09. The van der Waals surface area contributed by atoms with Crippen LogP contribution < -0.4 is 16.7 Å². The minimum Gasteiger partial charge on any atom is -0.306 e. The Hall–Kier alpha value is -2.98. The van der Waals surface area contributed by atoms with E-state index in [0.29, 0.717) is 17.1 Å². The quantitative estimate of drug-likeness (QED) is 0.357. The van der Waals surface area contributed by atoms with Gasteiger partial charge in [0.1, 0.15) is 0 Å². The maximum atomic E-state index is 13.1. The lowest BCUT2D eigenvalue weighted by atomic mass is 10.2. The molecule has 3 heterocycles. The SMILES string of the molecule is Cn1c(NN=Cc2cccs2)nc2c1c(=O)n(Cc1ccc(Br)cc1)c(=O)n2C. The van der Waals surface area contributed by atoms with Crippen LogP contribution in [0.15, 0.2) is 60.9 Å². The Balaban J connectivity index is 1.75. The van der Waals surface area contributed by atoms with E-state index in [1.54, 1.807) is 36.2 Å². The van der Waals surface area contributed by atoms with Crippen molar-refractivity contribution in [2.24, 2.45) is 19.2 Å². The number of nitrogens with zero attached hydrogens (tertiary/aromatic N) is 5. The smallest absolute Gasteiger partial charge is 0.306 e. The van der Waals surface area contributed by atoms with Crippen molar-refractivity contribution < 1.29 is 0 Å². The number of aryl methyl sites for hydroxylation is 2. The molecule has 10 heteroatoms. The second-order valence-corrected chi connectivity index (χ2v) is 8.31. The third kappa shape index (κ3) is 3.68. The normalized spacial score (nSPS) is 11.6. The predicted octanol–water partition coefficient (Wildman–Crippen LogP) is 2.75. The van der Waals surface area contributed by atoms with Gasteiger partial charge in [-0.05, 0) is 29.1 Å². The molecule has 0 radical (unpaired) electrons. The van der Waals surface area contributed by atoms with Crippen LogP contribution in [0.25, 0.3) is 11.2 Å². The van der Waals surface area contributed by atoms with Gasteiger partial charge in [-0.25, -0.2) is 10.2 Å². The standard InChI is InChI=1S/C19H17BrN6O2S/c1-24-15-16(22-18(24)23-21-10-14-4-3-9-29-14)25(2)19(28)26(17(15)27)11-12-5-7-13(20)8-6-12/h3-10H,11H2,1-2H3,(H,22,23). The predicted molar refractivity (Wildman–Crippen MR) is 119 cm³/mol. The highest BCUT2D eigenvalue weighted by Crippen LogP contribution is 2.15. The second-order valence-electron chi connectivity index (χ2n) is 6.41. The molecule has 0 aliphatic rings. The monoisotopic (exact) mass is 472 g/mol. The van der Waals surface area contributed by atoms with E-state index in [1.807, 2.05) is 41.8 Å². The summed E-state index contributed by atoms with van der Waals surface area (Å²) >= 11 is 4.95. The second kappa shape index (κ2) is 7.80. The summed E-state index contributed by atoms with van der Waals surface area (Å²) in [5.74, 6) is 0.376. The zero-order chi connectivity index (χ0) is 20.5. The molecule has 1 N–H and O–H groups in total. The largest absolute Gasteiger partial charge is 0.332 e. The van der Waals surface area contributed by atoms with Crippen LogP contribution in [0.1, 0.15) is 10.4 Å². The number of aromatic nitrogens is 4. The van der Waals surface area contributed by atoms with Crippen LogP contribution in [0.2, 0.25) is 0 Å². The van der Waals surface area contributed by atoms with Crippen molar-refractivity contribution in [3.8, 4) is 0 Å². The lowest BCUT2D eigenvalue weighted by molar-refractivity contribution is 0.655. The van der Waals surface area contributed by atoms with Gasteiger partial charge in [-0.3, -0.25) is 13.9 Å². The van der Waals surface area contributed by atoms with Gasteiger partial charge >= 0.3 is 5.69 Å². The van der Waals surface area contributed by atoms with Gasteiger partial charge in [-0.2, -0.15) is 10.1 Å². The number of anilines is 1. The van der Waals surface area contributed by atoms with E-state index in [-0.39, 0.29) is 6.54 Å². The Morgan fingerprint density at radius 1 is 1.17 bits per heavy atom. The summed E-state index contributed by atoms with van der Waals surface area (Å²) in [5, 5.41) is 6.13. The van der Waals surface area contributed by atoms with E-state index >= 15 is 0 Å². The number of benzene rings is 1. The average molecular weight is 473 g/mol. The third-order valence-corrected chi connectivity index (χ3v) is 5.85. The molecular formula is C19H17BrN6O2S. The highest BCUT2D eigenvalue weighted by Gasteiger charge is 2.18. The van der Waals surface area contributed by atoms with Gasteiger partial charge in [0.25, 0.3) is 5.56 Å². The van der Waals surface area contributed by atoms with Gasteiger partial charge in [0.15, 0.2) is 11.2 Å². The van der Waals surface area contributed by atoms with Gasteiger partial charge in [0.05, 0.1) is 12.8 Å².